The fourth-order valence-corrected chi connectivity index (χ4v) is 5.05. The monoisotopic (exact) mass is 385 g/mol. The summed E-state index contributed by atoms with van der Waals surface area (Å²) in [7, 11) is 0. The van der Waals surface area contributed by atoms with Gasteiger partial charge >= 0.3 is 0 Å². The van der Waals surface area contributed by atoms with Crippen molar-refractivity contribution in [1.29, 1.82) is 0 Å². The number of piperidine rings is 2. The fourth-order valence-electron chi connectivity index (χ4n) is 5.05. The molecule has 154 valence electrons. The number of nitrogens with zero attached hydrogens (tertiary/aromatic N) is 3. The number of hydrogen-bond donors (Lipinski definition) is 0. The van der Waals surface area contributed by atoms with Gasteiger partial charge in [-0.25, -0.2) is 0 Å². The molecule has 0 N–H and O–H groups in total. The Bertz CT molecular complexity index is 608. The molecule has 4 rings (SSSR count). The molecular formula is C23H35N3O2. The van der Waals surface area contributed by atoms with E-state index in [1.54, 1.807) is 0 Å². The number of benzene rings is 1. The maximum atomic E-state index is 13.0. The van der Waals surface area contributed by atoms with Gasteiger partial charge in [0.15, 0.2) is 0 Å². The number of likely N-dealkylation sites (tertiary alicyclic amines) is 2. The summed E-state index contributed by atoms with van der Waals surface area (Å²) in [4.78, 5) is 20.3. The number of hydrogen-bond acceptors (Lipinski definition) is 4. The van der Waals surface area contributed by atoms with E-state index in [0.717, 1.165) is 71.7 Å². The topological polar surface area (TPSA) is 36.0 Å². The van der Waals surface area contributed by atoms with E-state index >= 15 is 0 Å². The first kappa shape index (κ1) is 19.9. The highest BCUT2D eigenvalue weighted by Crippen LogP contribution is 2.26. The molecule has 0 unspecified atom stereocenters. The molecule has 3 aliphatic rings. The van der Waals surface area contributed by atoms with Gasteiger partial charge < -0.3 is 9.64 Å². The standard InChI is InChI=1S/C23H35N3O2/c27-23(25-12-5-16-28-17-15-25)21-8-4-11-26(19-21)22-9-13-24(14-10-22)18-20-6-2-1-3-7-20/h1-3,6-7,21-22H,4-5,8-19H2/t21-/m0/s1. The third kappa shape index (κ3) is 5.13. The summed E-state index contributed by atoms with van der Waals surface area (Å²) in [5, 5.41) is 0. The summed E-state index contributed by atoms with van der Waals surface area (Å²) in [6.07, 6.45) is 5.64. The number of ether oxygens (including phenoxy) is 1. The average Bonchev–Trinajstić information content (AvgIpc) is 3.04. The molecule has 0 saturated carbocycles. The second kappa shape index (κ2) is 9.86. The van der Waals surface area contributed by atoms with Crippen LogP contribution in [0.4, 0.5) is 0 Å². The molecule has 0 spiro atoms. The molecule has 0 radical (unpaired) electrons. The minimum absolute atomic E-state index is 0.189. The zero-order chi connectivity index (χ0) is 19.2. The summed E-state index contributed by atoms with van der Waals surface area (Å²) < 4.78 is 5.52. The molecule has 5 heteroatoms. The van der Waals surface area contributed by atoms with Crippen LogP contribution in [0.25, 0.3) is 0 Å². The lowest BCUT2D eigenvalue weighted by Gasteiger charge is -2.42. The molecular weight excluding hydrogens is 350 g/mol. The highest BCUT2D eigenvalue weighted by Gasteiger charge is 2.33. The number of carbonyl (C=O) groups is 1. The van der Waals surface area contributed by atoms with Gasteiger partial charge in [-0.2, -0.15) is 0 Å². The largest absolute Gasteiger partial charge is 0.380 e. The molecule has 3 fully saturated rings. The minimum atomic E-state index is 0.189. The van der Waals surface area contributed by atoms with Crippen LogP contribution in [-0.2, 0) is 16.1 Å². The Morgan fingerprint density at radius 2 is 1.75 bits per heavy atom. The van der Waals surface area contributed by atoms with Crippen molar-refractivity contribution >= 4 is 5.91 Å². The van der Waals surface area contributed by atoms with Crippen LogP contribution < -0.4 is 0 Å². The molecule has 3 saturated heterocycles. The Labute approximate surface area is 169 Å². The number of rotatable bonds is 4. The highest BCUT2D eigenvalue weighted by atomic mass is 16.5. The molecule has 0 bridgehead atoms. The highest BCUT2D eigenvalue weighted by molar-refractivity contribution is 5.79. The molecule has 5 nitrogen and oxygen atoms in total. The smallest absolute Gasteiger partial charge is 0.227 e. The Kier molecular flexibility index (Phi) is 7.00. The predicted octanol–water partition coefficient (Wildman–Crippen LogP) is 2.61. The van der Waals surface area contributed by atoms with Crippen molar-refractivity contribution in [3.05, 3.63) is 35.9 Å². The average molecular weight is 386 g/mol. The van der Waals surface area contributed by atoms with Gasteiger partial charge in [0.1, 0.15) is 0 Å². The summed E-state index contributed by atoms with van der Waals surface area (Å²) >= 11 is 0. The lowest BCUT2D eigenvalue weighted by atomic mass is 9.92. The number of amides is 1. The van der Waals surface area contributed by atoms with Crippen molar-refractivity contribution in [3.8, 4) is 0 Å². The van der Waals surface area contributed by atoms with Gasteiger partial charge in [0.2, 0.25) is 5.91 Å². The summed E-state index contributed by atoms with van der Waals surface area (Å²) in [6.45, 7) is 8.64. The van der Waals surface area contributed by atoms with Crippen molar-refractivity contribution in [2.24, 2.45) is 5.92 Å². The Morgan fingerprint density at radius 3 is 2.57 bits per heavy atom. The molecule has 0 aromatic heterocycles. The SMILES string of the molecule is O=C([C@H]1CCCN(C2CCN(Cc3ccccc3)CC2)C1)N1CCCOCC1. The van der Waals surface area contributed by atoms with Gasteiger partial charge in [-0.15, -0.1) is 0 Å². The van der Waals surface area contributed by atoms with Crippen LogP contribution in [0.3, 0.4) is 0 Å². The summed E-state index contributed by atoms with van der Waals surface area (Å²) in [5.41, 5.74) is 1.41. The van der Waals surface area contributed by atoms with Crippen LogP contribution in [0.15, 0.2) is 30.3 Å². The second-order valence-electron chi connectivity index (χ2n) is 8.62. The molecule has 1 aromatic rings. The quantitative estimate of drug-likeness (QED) is 0.798. The molecule has 0 aliphatic carbocycles. The van der Waals surface area contributed by atoms with Crippen molar-refractivity contribution < 1.29 is 9.53 Å². The van der Waals surface area contributed by atoms with Gasteiger partial charge in [-0.05, 0) is 57.3 Å². The van der Waals surface area contributed by atoms with Gasteiger partial charge in [0, 0.05) is 38.8 Å². The predicted molar refractivity (Wildman–Crippen MR) is 111 cm³/mol. The third-order valence-corrected chi connectivity index (χ3v) is 6.66. The van der Waals surface area contributed by atoms with E-state index in [1.165, 1.54) is 18.4 Å². The van der Waals surface area contributed by atoms with E-state index in [2.05, 4.69) is 45.0 Å². The van der Waals surface area contributed by atoms with E-state index in [1.807, 2.05) is 0 Å². The van der Waals surface area contributed by atoms with E-state index in [-0.39, 0.29) is 5.92 Å². The molecule has 1 aromatic carbocycles. The zero-order valence-corrected chi connectivity index (χ0v) is 17.1. The number of carbonyl (C=O) groups excluding carboxylic acids is 1. The van der Waals surface area contributed by atoms with Crippen LogP contribution in [0.1, 0.15) is 37.7 Å². The molecule has 3 heterocycles. The first-order valence-electron chi connectivity index (χ1n) is 11.2. The Hall–Kier alpha value is -1.43. The molecule has 28 heavy (non-hydrogen) atoms. The lowest BCUT2D eigenvalue weighted by molar-refractivity contribution is -0.137. The maximum absolute atomic E-state index is 13.0. The van der Waals surface area contributed by atoms with Crippen LogP contribution in [0.2, 0.25) is 0 Å². The zero-order valence-electron chi connectivity index (χ0n) is 17.1. The van der Waals surface area contributed by atoms with Crippen LogP contribution in [-0.4, -0.2) is 79.1 Å². The van der Waals surface area contributed by atoms with Crippen LogP contribution in [0.5, 0.6) is 0 Å². The molecule has 1 atom stereocenters. The Balaban J connectivity index is 1.26. The molecule has 1 amide bonds. The van der Waals surface area contributed by atoms with Crippen molar-refractivity contribution in [3.63, 3.8) is 0 Å². The maximum Gasteiger partial charge on any atom is 0.227 e. The van der Waals surface area contributed by atoms with E-state index in [9.17, 15) is 4.79 Å². The third-order valence-electron chi connectivity index (χ3n) is 6.66. The fraction of sp³-hybridized carbons (Fsp3) is 0.696. The second-order valence-corrected chi connectivity index (χ2v) is 8.62. The molecule has 3 aliphatic heterocycles. The van der Waals surface area contributed by atoms with E-state index in [4.69, 9.17) is 4.74 Å². The normalized spacial score (nSPS) is 26.1. The minimum Gasteiger partial charge on any atom is -0.380 e. The van der Waals surface area contributed by atoms with Gasteiger partial charge in [-0.3, -0.25) is 14.6 Å². The van der Waals surface area contributed by atoms with Crippen LogP contribution in [0, 0.1) is 5.92 Å². The van der Waals surface area contributed by atoms with Crippen molar-refractivity contribution in [1.82, 2.24) is 14.7 Å². The Morgan fingerprint density at radius 1 is 0.929 bits per heavy atom. The van der Waals surface area contributed by atoms with Crippen LogP contribution >= 0.6 is 0 Å². The first-order chi connectivity index (χ1) is 13.8. The van der Waals surface area contributed by atoms with Gasteiger partial charge in [0.25, 0.3) is 0 Å². The summed E-state index contributed by atoms with van der Waals surface area (Å²) in [5.74, 6) is 0.561. The van der Waals surface area contributed by atoms with Crippen molar-refractivity contribution in [2.75, 3.05) is 52.5 Å². The van der Waals surface area contributed by atoms with Gasteiger partial charge in [0.05, 0.1) is 12.5 Å². The summed E-state index contributed by atoms with van der Waals surface area (Å²) in [6, 6.07) is 11.4. The van der Waals surface area contributed by atoms with E-state index < -0.39 is 0 Å². The van der Waals surface area contributed by atoms with E-state index in [0.29, 0.717) is 18.6 Å². The lowest BCUT2D eigenvalue weighted by Crippen LogP contribution is -2.51. The van der Waals surface area contributed by atoms with Gasteiger partial charge in [-0.1, -0.05) is 30.3 Å². The first-order valence-corrected chi connectivity index (χ1v) is 11.2. The van der Waals surface area contributed by atoms with Crippen molar-refractivity contribution in [2.45, 2.75) is 44.7 Å².